The second kappa shape index (κ2) is 8.43. The van der Waals surface area contributed by atoms with E-state index in [1.807, 2.05) is 30.3 Å². The van der Waals surface area contributed by atoms with Gasteiger partial charge in [0.15, 0.2) is 0 Å². The summed E-state index contributed by atoms with van der Waals surface area (Å²) in [5.74, 6) is 0. The van der Waals surface area contributed by atoms with Gasteiger partial charge in [0.1, 0.15) is 0 Å². The Morgan fingerprint density at radius 2 is 0.846 bits per heavy atom. The Kier molecular flexibility index (Phi) is 4.83. The standard InChI is InChI=1S/C36H24NOP/c38-39-35-17-9-6-14-31(35)29-12-4-7-15-33(29)37(39)34-16-8-5-13-30(34)32-23-22-28(24-36(32)39)27-20-18-26(19-21-27)25-10-2-1-3-11-25/h1-24H. The minimum atomic E-state index is -3.23. The molecule has 0 saturated heterocycles. The maximum Gasteiger partial charge on any atom is 0.235 e. The van der Waals surface area contributed by atoms with Gasteiger partial charge in [0.05, 0.1) is 11.4 Å². The van der Waals surface area contributed by atoms with Gasteiger partial charge in [-0.3, -0.25) is 9.24 Å². The first-order valence-electron chi connectivity index (χ1n) is 13.2. The van der Waals surface area contributed by atoms with Crippen molar-refractivity contribution in [3.05, 3.63) is 146 Å². The number of hydrogen-bond acceptors (Lipinski definition) is 1. The van der Waals surface area contributed by atoms with E-state index in [-0.39, 0.29) is 0 Å². The molecule has 184 valence electrons. The van der Waals surface area contributed by atoms with Crippen molar-refractivity contribution in [1.82, 2.24) is 0 Å². The van der Waals surface area contributed by atoms with Crippen LogP contribution < -0.4 is 15.3 Å². The molecular formula is C36H24NOP. The van der Waals surface area contributed by atoms with E-state index in [4.69, 9.17) is 0 Å². The average Bonchev–Trinajstić information content (AvgIpc) is 3.02. The predicted molar refractivity (Wildman–Crippen MR) is 164 cm³/mol. The van der Waals surface area contributed by atoms with E-state index in [9.17, 15) is 0 Å². The molecule has 1 atom stereocenters. The lowest BCUT2D eigenvalue weighted by molar-refractivity contribution is 0.586. The molecule has 3 heteroatoms. The van der Waals surface area contributed by atoms with Gasteiger partial charge in [0, 0.05) is 21.7 Å². The van der Waals surface area contributed by atoms with Gasteiger partial charge in [-0.2, -0.15) is 0 Å². The minimum Gasteiger partial charge on any atom is -0.289 e. The van der Waals surface area contributed by atoms with Crippen molar-refractivity contribution in [2.45, 2.75) is 0 Å². The molecule has 2 nitrogen and oxygen atoms in total. The van der Waals surface area contributed by atoms with Crippen molar-refractivity contribution in [2.75, 3.05) is 4.67 Å². The molecule has 0 radical (unpaired) electrons. The van der Waals surface area contributed by atoms with Crippen molar-refractivity contribution < 1.29 is 4.57 Å². The van der Waals surface area contributed by atoms with Crippen molar-refractivity contribution >= 4 is 29.3 Å². The van der Waals surface area contributed by atoms with E-state index in [1.165, 1.54) is 11.1 Å². The highest BCUT2D eigenvalue weighted by molar-refractivity contribution is 7.81. The summed E-state index contributed by atoms with van der Waals surface area (Å²) in [5, 5.41) is 1.80. The molecule has 39 heavy (non-hydrogen) atoms. The number of rotatable bonds is 2. The quantitative estimate of drug-likeness (QED) is 0.214. The van der Waals surface area contributed by atoms with Gasteiger partial charge in [-0.1, -0.05) is 121 Å². The molecule has 6 aromatic carbocycles. The zero-order valence-corrected chi connectivity index (χ0v) is 22.1. The third-order valence-electron chi connectivity index (χ3n) is 8.01. The van der Waals surface area contributed by atoms with E-state index in [0.29, 0.717) is 0 Å². The summed E-state index contributed by atoms with van der Waals surface area (Å²) >= 11 is 0. The maximum absolute atomic E-state index is 15.7. The number of benzene rings is 6. The number of hydrogen-bond donors (Lipinski definition) is 0. The Balaban J connectivity index is 1.37. The molecule has 0 bridgehead atoms. The number of para-hydroxylation sites is 2. The van der Waals surface area contributed by atoms with E-state index >= 15 is 4.57 Å². The fourth-order valence-electron chi connectivity index (χ4n) is 6.19. The van der Waals surface area contributed by atoms with Crippen LogP contribution in [0, 0.1) is 0 Å². The maximum atomic E-state index is 15.7. The molecule has 1 unspecified atom stereocenters. The molecule has 8 rings (SSSR count). The molecule has 0 aliphatic carbocycles. The van der Waals surface area contributed by atoms with E-state index in [1.54, 1.807) is 0 Å². The lowest BCUT2D eigenvalue weighted by atomic mass is 9.96. The summed E-state index contributed by atoms with van der Waals surface area (Å²) < 4.78 is 17.9. The molecule has 0 aromatic heterocycles. The average molecular weight is 518 g/mol. The van der Waals surface area contributed by atoms with Gasteiger partial charge in [0.2, 0.25) is 7.29 Å². The van der Waals surface area contributed by atoms with Crippen LogP contribution in [-0.2, 0) is 4.57 Å². The van der Waals surface area contributed by atoms with Crippen molar-refractivity contribution in [2.24, 2.45) is 0 Å². The SMILES string of the molecule is O=P12c3ccccc3-c3ccccc3N1c1ccccc1-c1ccc(-c3ccc(-c4ccccc4)cc3)cc12. The normalized spacial score (nSPS) is 16.4. The van der Waals surface area contributed by atoms with Gasteiger partial charge in [-0.25, -0.2) is 0 Å². The van der Waals surface area contributed by atoms with E-state index < -0.39 is 7.29 Å². The van der Waals surface area contributed by atoms with Gasteiger partial charge in [0.25, 0.3) is 0 Å². The molecule has 0 saturated carbocycles. The van der Waals surface area contributed by atoms with Crippen LogP contribution in [0.3, 0.4) is 0 Å². The summed E-state index contributed by atoms with van der Waals surface area (Å²) in [6, 6.07) is 50.5. The second-order valence-electron chi connectivity index (χ2n) is 10.1. The van der Waals surface area contributed by atoms with Crippen molar-refractivity contribution in [1.29, 1.82) is 0 Å². The van der Waals surface area contributed by atoms with Crippen LogP contribution >= 0.6 is 7.29 Å². The van der Waals surface area contributed by atoms with Gasteiger partial charge in [-0.05, 0) is 57.6 Å². The Morgan fingerprint density at radius 3 is 1.51 bits per heavy atom. The lowest BCUT2D eigenvalue weighted by Gasteiger charge is -2.44. The largest absolute Gasteiger partial charge is 0.289 e. The van der Waals surface area contributed by atoms with E-state index in [2.05, 4.69) is 120 Å². The fraction of sp³-hybridized carbons (Fsp3) is 0. The Morgan fingerprint density at radius 1 is 0.385 bits per heavy atom. The molecule has 0 amide bonds. The van der Waals surface area contributed by atoms with Crippen LogP contribution in [0.5, 0.6) is 0 Å². The highest BCUT2D eigenvalue weighted by Gasteiger charge is 2.47. The van der Waals surface area contributed by atoms with Crippen molar-refractivity contribution in [3.8, 4) is 44.5 Å². The lowest BCUT2D eigenvalue weighted by Crippen LogP contribution is -2.37. The Labute approximate surface area is 228 Å². The molecular weight excluding hydrogens is 493 g/mol. The van der Waals surface area contributed by atoms with Gasteiger partial charge < -0.3 is 0 Å². The van der Waals surface area contributed by atoms with E-state index in [0.717, 1.165) is 55.4 Å². The van der Waals surface area contributed by atoms with Crippen LogP contribution in [0.25, 0.3) is 44.5 Å². The van der Waals surface area contributed by atoms with Crippen molar-refractivity contribution in [3.63, 3.8) is 0 Å². The summed E-state index contributed by atoms with van der Waals surface area (Å²) in [6.45, 7) is 0. The zero-order valence-electron chi connectivity index (χ0n) is 21.2. The van der Waals surface area contributed by atoms with Crippen LogP contribution in [0.2, 0.25) is 0 Å². The topological polar surface area (TPSA) is 20.3 Å². The highest BCUT2D eigenvalue weighted by Crippen LogP contribution is 2.65. The third kappa shape index (κ3) is 3.19. The number of nitrogens with zero attached hydrogens (tertiary/aromatic N) is 1. The first-order valence-corrected chi connectivity index (χ1v) is 14.9. The summed E-state index contributed by atoms with van der Waals surface area (Å²) in [7, 11) is -3.23. The fourth-order valence-corrected chi connectivity index (χ4v) is 9.48. The molecule has 2 aliphatic rings. The summed E-state index contributed by atoms with van der Waals surface area (Å²) in [4.78, 5) is 0. The van der Waals surface area contributed by atoms with Gasteiger partial charge >= 0.3 is 0 Å². The molecule has 0 spiro atoms. The predicted octanol–water partition coefficient (Wildman–Crippen LogP) is 9.05. The van der Waals surface area contributed by atoms with Gasteiger partial charge in [-0.15, -0.1) is 0 Å². The molecule has 2 heterocycles. The first kappa shape index (κ1) is 22.3. The van der Waals surface area contributed by atoms with Crippen LogP contribution in [0.1, 0.15) is 0 Å². The Hall–Kier alpha value is -4.65. The number of anilines is 2. The Bertz CT molecular complexity index is 1940. The molecule has 6 aromatic rings. The van der Waals surface area contributed by atoms with Crippen LogP contribution in [-0.4, -0.2) is 0 Å². The second-order valence-corrected chi connectivity index (χ2v) is 12.6. The summed E-state index contributed by atoms with van der Waals surface area (Å²) in [6.07, 6.45) is 0. The minimum absolute atomic E-state index is 0.896. The smallest absolute Gasteiger partial charge is 0.235 e. The zero-order chi connectivity index (χ0) is 26.0. The first-order chi connectivity index (χ1) is 19.2. The highest BCUT2D eigenvalue weighted by atomic mass is 31.2. The number of fused-ring (bicyclic) bond motifs is 11. The molecule has 0 N–H and O–H groups in total. The third-order valence-corrected chi connectivity index (χ3v) is 11.1. The summed E-state index contributed by atoms with van der Waals surface area (Å²) in [5.41, 5.74) is 10.9. The monoisotopic (exact) mass is 517 g/mol. The molecule has 2 aliphatic heterocycles. The molecule has 0 fully saturated rings. The van der Waals surface area contributed by atoms with Crippen LogP contribution in [0.15, 0.2) is 146 Å². The van der Waals surface area contributed by atoms with Crippen LogP contribution in [0.4, 0.5) is 11.4 Å².